The van der Waals surface area contributed by atoms with E-state index >= 15 is 0 Å². The van der Waals surface area contributed by atoms with Crippen LogP contribution in [0.3, 0.4) is 0 Å². The maximum absolute atomic E-state index is 6.36. The molecule has 0 saturated carbocycles. The molecule has 0 spiro atoms. The molecule has 3 heteroatoms. The highest BCUT2D eigenvalue weighted by Gasteiger charge is 2.14. The Kier molecular flexibility index (Phi) is 6.67. The van der Waals surface area contributed by atoms with E-state index in [0.717, 1.165) is 35.6 Å². The fraction of sp³-hybridized carbons (Fsp3) is 0.625. The van der Waals surface area contributed by atoms with Crippen LogP contribution in [0.1, 0.15) is 44.7 Å². The summed E-state index contributed by atoms with van der Waals surface area (Å²) in [5, 5.41) is 0.834. The van der Waals surface area contributed by atoms with Gasteiger partial charge in [-0.3, -0.25) is 0 Å². The molecule has 0 aliphatic heterocycles. The van der Waals surface area contributed by atoms with Gasteiger partial charge < -0.3 is 10.5 Å². The number of hydrogen-bond acceptors (Lipinski definition) is 2. The van der Waals surface area contributed by atoms with Crippen molar-refractivity contribution in [3.05, 3.63) is 28.3 Å². The van der Waals surface area contributed by atoms with Gasteiger partial charge >= 0.3 is 0 Å². The quantitative estimate of drug-likeness (QED) is 0.813. The molecule has 1 aromatic rings. The Morgan fingerprint density at radius 1 is 1.26 bits per heavy atom. The van der Waals surface area contributed by atoms with E-state index in [4.69, 9.17) is 22.1 Å². The van der Waals surface area contributed by atoms with E-state index in [1.165, 1.54) is 12.0 Å². The number of methoxy groups -OCH3 is 1. The lowest BCUT2D eigenvalue weighted by molar-refractivity contribution is 0.402. The zero-order valence-electron chi connectivity index (χ0n) is 12.5. The molecular formula is C16H26ClNO. The minimum absolute atomic E-state index is 0.131. The van der Waals surface area contributed by atoms with E-state index in [-0.39, 0.29) is 6.04 Å². The number of aryl methyl sites for hydroxylation is 1. The van der Waals surface area contributed by atoms with Crippen molar-refractivity contribution < 1.29 is 4.74 Å². The summed E-state index contributed by atoms with van der Waals surface area (Å²) in [6.45, 7) is 6.45. The number of nitrogens with two attached hydrogens (primary N) is 1. The van der Waals surface area contributed by atoms with Gasteiger partial charge in [-0.25, -0.2) is 0 Å². The van der Waals surface area contributed by atoms with Crippen LogP contribution in [0.25, 0.3) is 0 Å². The maximum atomic E-state index is 6.36. The highest BCUT2D eigenvalue weighted by atomic mass is 35.5. The van der Waals surface area contributed by atoms with Crippen molar-refractivity contribution in [1.29, 1.82) is 0 Å². The molecular weight excluding hydrogens is 258 g/mol. The van der Waals surface area contributed by atoms with Crippen molar-refractivity contribution in [2.24, 2.45) is 11.7 Å². The van der Waals surface area contributed by atoms with E-state index in [1.807, 2.05) is 6.07 Å². The third-order valence-electron chi connectivity index (χ3n) is 3.56. The monoisotopic (exact) mass is 283 g/mol. The normalized spacial score (nSPS) is 12.8. The predicted octanol–water partition coefficient (Wildman–Crippen LogP) is 4.22. The van der Waals surface area contributed by atoms with Crippen LogP contribution in [0.2, 0.25) is 5.02 Å². The fourth-order valence-corrected chi connectivity index (χ4v) is 2.32. The molecule has 0 fully saturated rings. The summed E-state index contributed by atoms with van der Waals surface area (Å²) in [6.07, 6.45) is 4.11. The van der Waals surface area contributed by atoms with Crippen molar-refractivity contribution in [3.63, 3.8) is 0 Å². The van der Waals surface area contributed by atoms with Crippen molar-refractivity contribution in [1.82, 2.24) is 0 Å². The molecule has 0 aliphatic carbocycles. The molecule has 0 radical (unpaired) electrons. The van der Waals surface area contributed by atoms with Crippen LogP contribution in [0, 0.1) is 5.92 Å². The molecule has 108 valence electrons. The Labute approximate surface area is 122 Å². The van der Waals surface area contributed by atoms with E-state index < -0.39 is 0 Å². The third-order valence-corrected chi connectivity index (χ3v) is 3.91. The Hall–Kier alpha value is -0.730. The summed E-state index contributed by atoms with van der Waals surface area (Å²) in [5.74, 6) is 1.36. The van der Waals surface area contributed by atoms with Gasteiger partial charge in [-0.05, 0) is 48.4 Å². The van der Waals surface area contributed by atoms with Gasteiger partial charge in [-0.1, -0.05) is 38.8 Å². The van der Waals surface area contributed by atoms with Crippen LogP contribution in [0.4, 0.5) is 0 Å². The van der Waals surface area contributed by atoms with Crippen molar-refractivity contribution in [2.75, 3.05) is 7.11 Å². The summed E-state index contributed by atoms with van der Waals surface area (Å²) in [4.78, 5) is 0. The summed E-state index contributed by atoms with van der Waals surface area (Å²) in [6, 6.07) is 4.22. The smallest absolute Gasteiger partial charge is 0.122 e. The highest BCUT2D eigenvalue weighted by molar-refractivity contribution is 6.31. The van der Waals surface area contributed by atoms with Crippen LogP contribution < -0.4 is 10.5 Å². The number of ether oxygens (including phenoxy) is 1. The average molecular weight is 284 g/mol. The third kappa shape index (κ3) is 4.70. The second-order valence-electron chi connectivity index (χ2n) is 5.47. The molecule has 0 unspecified atom stereocenters. The average Bonchev–Trinajstić information content (AvgIpc) is 2.37. The number of unbranched alkanes of at least 4 members (excludes halogenated alkanes) is 1. The molecule has 0 aromatic heterocycles. The highest BCUT2D eigenvalue weighted by Crippen LogP contribution is 2.29. The zero-order valence-corrected chi connectivity index (χ0v) is 13.3. The lowest BCUT2D eigenvalue weighted by Gasteiger charge is -2.18. The molecule has 1 rings (SSSR count). The molecule has 0 amide bonds. The predicted molar refractivity (Wildman–Crippen MR) is 83.1 cm³/mol. The van der Waals surface area contributed by atoms with Gasteiger partial charge in [0, 0.05) is 11.1 Å². The van der Waals surface area contributed by atoms with Gasteiger partial charge in [0.1, 0.15) is 5.75 Å². The van der Waals surface area contributed by atoms with Gasteiger partial charge in [-0.2, -0.15) is 0 Å². The first-order chi connectivity index (χ1) is 8.99. The Morgan fingerprint density at radius 2 is 1.95 bits per heavy atom. The van der Waals surface area contributed by atoms with Crippen LogP contribution in [0.5, 0.6) is 5.75 Å². The van der Waals surface area contributed by atoms with E-state index in [0.29, 0.717) is 5.92 Å². The SMILES string of the molecule is CCCCc1cc(OC)c(C[C@H](N)C(C)C)cc1Cl. The topological polar surface area (TPSA) is 35.2 Å². The van der Waals surface area contributed by atoms with Crippen LogP contribution in [-0.2, 0) is 12.8 Å². The second kappa shape index (κ2) is 7.76. The summed E-state index contributed by atoms with van der Waals surface area (Å²) in [5.41, 5.74) is 8.42. The lowest BCUT2D eigenvalue weighted by atomic mass is 9.95. The Balaban J connectivity index is 2.96. The number of benzene rings is 1. The summed E-state index contributed by atoms with van der Waals surface area (Å²) < 4.78 is 5.49. The summed E-state index contributed by atoms with van der Waals surface area (Å²) >= 11 is 6.36. The number of halogens is 1. The molecule has 0 bridgehead atoms. The van der Waals surface area contributed by atoms with E-state index in [2.05, 4.69) is 26.8 Å². The first-order valence-corrected chi connectivity index (χ1v) is 7.48. The molecule has 1 aromatic carbocycles. The second-order valence-corrected chi connectivity index (χ2v) is 5.88. The molecule has 0 heterocycles. The Morgan fingerprint density at radius 3 is 2.47 bits per heavy atom. The zero-order chi connectivity index (χ0) is 14.4. The van der Waals surface area contributed by atoms with Gasteiger partial charge in [0.05, 0.1) is 7.11 Å². The molecule has 0 saturated heterocycles. The van der Waals surface area contributed by atoms with Crippen LogP contribution in [0.15, 0.2) is 12.1 Å². The minimum Gasteiger partial charge on any atom is -0.496 e. The summed E-state index contributed by atoms with van der Waals surface area (Å²) in [7, 11) is 1.71. The van der Waals surface area contributed by atoms with E-state index in [9.17, 15) is 0 Å². The van der Waals surface area contributed by atoms with Crippen molar-refractivity contribution in [2.45, 2.75) is 52.5 Å². The van der Waals surface area contributed by atoms with Crippen molar-refractivity contribution in [3.8, 4) is 5.75 Å². The Bertz CT molecular complexity index is 404. The molecule has 2 nitrogen and oxygen atoms in total. The van der Waals surface area contributed by atoms with Crippen LogP contribution >= 0.6 is 11.6 Å². The molecule has 0 aliphatic rings. The number of rotatable bonds is 7. The number of hydrogen-bond donors (Lipinski definition) is 1. The van der Waals surface area contributed by atoms with Gasteiger partial charge in [0.2, 0.25) is 0 Å². The molecule has 2 N–H and O–H groups in total. The van der Waals surface area contributed by atoms with Gasteiger partial charge in [-0.15, -0.1) is 0 Å². The van der Waals surface area contributed by atoms with E-state index in [1.54, 1.807) is 7.11 Å². The maximum Gasteiger partial charge on any atom is 0.122 e. The van der Waals surface area contributed by atoms with Crippen LogP contribution in [-0.4, -0.2) is 13.2 Å². The van der Waals surface area contributed by atoms with Gasteiger partial charge in [0.15, 0.2) is 0 Å². The first kappa shape index (κ1) is 16.3. The standard InChI is InChI=1S/C16H26ClNO/c1-5-6-7-12-10-16(19-4)13(8-14(12)17)9-15(18)11(2)3/h8,10-11,15H,5-7,9,18H2,1-4H3/t15-/m0/s1. The molecule has 19 heavy (non-hydrogen) atoms. The molecule has 1 atom stereocenters. The minimum atomic E-state index is 0.131. The first-order valence-electron chi connectivity index (χ1n) is 7.10. The largest absolute Gasteiger partial charge is 0.496 e. The fourth-order valence-electron chi connectivity index (χ4n) is 2.03. The van der Waals surface area contributed by atoms with Gasteiger partial charge in [0.25, 0.3) is 0 Å². The lowest BCUT2D eigenvalue weighted by Crippen LogP contribution is -2.28. The van der Waals surface area contributed by atoms with Crippen molar-refractivity contribution >= 4 is 11.6 Å².